The first-order chi connectivity index (χ1) is 12.8. The number of sulfonamides is 1. The Balaban J connectivity index is 1.89. The van der Waals surface area contributed by atoms with Crippen LogP contribution in [0.1, 0.15) is 19.4 Å². The van der Waals surface area contributed by atoms with E-state index in [1.54, 1.807) is 31.2 Å². The summed E-state index contributed by atoms with van der Waals surface area (Å²) in [6, 6.07) is 11.3. The minimum atomic E-state index is -3.81. The third kappa shape index (κ3) is 3.86. The molecule has 0 bridgehead atoms. The Hall–Kier alpha value is -3.11. The normalized spacial score (nSPS) is 12.7. The molecule has 0 aliphatic carbocycles. The number of nitrogens with zero attached hydrogens (tertiary/aromatic N) is 3. The molecule has 140 valence electrons. The molecule has 0 fully saturated rings. The zero-order chi connectivity index (χ0) is 19.6. The maximum Gasteiger partial charge on any atom is 0.278 e. The van der Waals surface area contributed by atoms with Crippen molar-refractivity contribution >= 4 is 32.5 Å². The lowest BCUT2D eigenvalue weighted by atomic mass is 10.2. The van der Waals surface area contributed by atoms with E-state index in [-0.39, 0.29) is 4.90 Å². The van der Waals surface area contributed by atoms with E-state index in [9.17, 15) is 18.0 Å². The Morgan fingerprint density at radius 1 is 1.19 bits per heavy atom. The lowest BCUT2D eigenvalue weighted by molar-refractivity contribution is -0.119. The second kappa shape index (κ2) is 7.25. The number of amides is 1. The van der Waals surface area contributed by atoms with Gasteiger partial charge in [-0.3, -0.25) is 9.59 Å². The molecule has 3 aromatic rings. The van der Waals surface area contributed by atoms with Gasteiger partial charge < -0.3 is 5.32 Å². The van der Waals surface area contributed by atoms with Gasteiger partial charge in [0.1, 0.15) is 11.6 Å². The number of hydrogen-bond donors (Lipinski definition) is 2. The van der Waals surface area contributed by atoms with E-state index in [0.717, 1.165) is 4.68 Å². The third-order valence-electron chi connectivity index (χ3n) is 4.03. The standard InChI is InChI=1S/C17H17N5O4S/c1-2-15(22-17(24)13-5-3-4-6-14(13)20-21-22)16(23)19-11-7-9-12(10-8-11)27(18,25)26/h3-10,15H,2H2,1H3,(H,19,23)(H2,18,25,26)/t15-/m0/s1. The van der Waals surface area contributed by atoms with Crippen LogP contribution in [0.15, 0.2) is 58.2 Å². The highest BCUT2D eigenvalue weighted by atomic mass is 32.2. The van der Waals surface area contributed by atoms with Crippen LogP contribution in [0.25, 0.3) is 10.9 Å². The minimum absolute atomic E-state index is 0.0656. The number of nitrogens with one attached hydrogen (secondary N) is 1. The highest BCUT2D eigenvalue weighted by Crippen LogP contribution is 2.16. The molecule has 1 aromatic heterocycles. The quantitative estimate of drug-likeness (QED) is 0.671. The number of aromatic nitrogens is 3. The van der Waals surface area contributed by atoms with E-state index in [4.69, 9.17) is 5.14 Å². The molecule has 3 N–H and O–H groups in total. The summed E-state index contributed by atoms with van der Waals surface area (Å²) in [6.45, 7) is 1.75. The number of carbonyl (C=O) groups is 1. The molecule has 0 radical (unpaired) electrons. The molecule has 0 unspecified atom stereocenters. The van der Waals surface area contributed by atoms with Gasteiger partial charge in [-0.25, -0.2) is 13.6 Å². The number of rotatable bonds is 5. The number of hydrogen-bond acceptors (Lipinski definition) is 6. The van der Waals surface area contributed by atoms with E-state index < -0.39 is 27.5 Å². The van der Waals surface area contributed by atoms with Crippen LogP contribution in [0.4, 0.5) is 5.69 Å². The van der Waals surface area contributed by atoms with Crippen LogP contribution < -0.4 is 16.0 Å². The molecule has 0 aliphatic rings. The number of benzene rings is 2. The summed E-state index contributed by atoms with van der Waals surface area (Å²) >= 11 is 0. The average Bonchev–Trinajstić information content (AvgIpc) is 2.64. The fraction of sp³-hybridized carbons (Fsp3) is 0.176. The van der Waals surface area contributed by atoms with Crippen LogP contribution in [0.5, 0.6) is 0 Å². The van der Waals surface area contributed by atoms with Crippen molar-refractivity contribution in [2.24, 2.45) is 5.14 Å². The number of anilines is 1. The number of nitrogens with two attached hydrogens (primary N) is 1. The fourth-order valence-electron chi connectivity index (χ4n) is 2.63. The van der Waals surface area contributed by atoms with Gasteiger partial charge in [0.05, 0.1) is 10.3 Å². The monoisotopic (exact) mass is 387 g/mol. The minimum Gasteiger partial charge on any atom is -0.324 e. The summed E-state index contributed by atoms with van der Waals surface area (Å²) in [6.07, 6.45) is 0.314. The summed E-state index contributed by atoms with van der Waals surface area (Å²) < 4.78 is 23.6. The van der Waals surface area contributed by atoms with Crippen molar-refractivity contribution < 1.29 is 13.2 Å². The Kier molecular flexibility index (Phi) is 5.02. The lowest BCUT2D eigenvalue weighted by Gasteiger charge is -2.16. The second-order valence-corrected chi connectivity index (χ2v) is 7.40. The maximum atomic E-state index is 12.6. The summed E-state index contributed by atoms with van der Waals surface area (Å²) in [4.78, 5) is 25.2. The second-order valence-electron chi connectivity index (χ2n) is 5.84. The van der Waals surface area contributed by atoms with Crippen LogP contribution in [0.3, 0.4) is 0 Å². The van der Waals surface area contributed by atoms with Crippen molar-refractivity contribution in [2.75, 3.05) is 5.32 Å². The molecule has 0 saturated carbocycles. The molecule has 1 amide bonds. The lowest BCUT2D eigenvalue weighted by Crippen LogP contribution is -2.35. The highest BCUT2D eigenvalue weighted by Gasteiger charge is 2.22. The summed E-state index contributed by atoms with van der Waals surface area (Å²) in [5, 5.41) is 15.9. The Morgan fingerprint density at radius 3 is 2.48 bits per heavy atom. The van der Waals surface area contributed by atoms with Crippen LogP contribution >= 0.6 is 0 Å². The molecule has 2 aromatic carbocycles. The van der Waals surface area contributed by atoms with Crippen molar-refractivity contribution in [3.8, 4) is 0 Å². The molecule has 1 heterocycles. The van der Waals surface area contributed by atoms with Gasteiger partial charge in [-0.05, 0) is 42.8 Å². The molecule has 1 atom stereocenters. The van der Waals surface area contributed by atoms with Crippen molar-refractivity contribution in [3.63, 3.8) is 0 Å². The van der Waals surface area contributed by atoms with Gasteiger partial charge in [-0.2, -0.15) is 4.68 Å². The molecular formula is C17H17N5O4S. The summed E-state index contributed by atoms with van der Waals surface area (Å²) in [7, 11) is -3.81. The zero-order valence-corrected chi connectivity index (χ0v) is 15.2. The number of primary sulfonamides is 1. The van der Waals surface area contributed by atoms with Gasteiger partial charge in [-0.15, -0.1) is 5.10 Å². The van der Waals surface area contributed by atoms with E-state index in [1.807, 2.05) is 0 Å². The van der Waals surface area contributed by atoms with Crippen LogP contribution in [0.2, 0.25) is 0 Å². The van der Waals surface area contributed by atoms with Gasteiger partial charge in [0.15, 0.2) is 0 Å². The third-order valence-corrected chi connectivity index (χ3v) is 4.96. The maximum absolute atomic E-state index is 12.6. The zero-order valence-electron chi connectivity index (χ0n) is 14.4. The summed E-state index contributed by atoms with van der Waals surface area (Å²) in [5.74, 6) is -0.465. The van der Waals surface area contributed by atoms with Gasteiger partial charge >= 0.3 is 0 Å². The molecule has 27 heavy (non-hydrogen) atoms. The predicted octanol–water partition coefficient (Wildman–Crippen LogP) is 1.03. The smallest absolute Gasteiger partial charge is 0.278 e. The van der Waals surface area contributed by atoms with Crippen LogP contribution in [-0.2, 0) is 14.8 Å². The Bertz CT molecular complexity index is 1160. The molecule has 9 nitrogen and oxygen atoms in total. The predicted molar refractivity (Wildman–Crippen MR) is 99.6 cm³/mol. The van der Waals surface area contributed by atoms with Crippen LogP contribution in [0, 0.1) is 0 Å². The van der Waals surface area contributed by atoms with E-state index in [1.165, 1.54) is 24.3 Å². The SMILES string of the molecule is CC[C@@H](C(=O)Nc1ccc(S(N)(=O)=O)cc1)n1nnc2ccccc2c1=O. The van der Waals surface area contributed by atoms with E-state index >= 15 is 0 Å². The number of fused-ring (bicyclic) bond motifs is 1. The molecule has 0 aliphatic heterocycles. The molecule has 10 heteroatoms. The van der Waals surface area contributed by atoms with Gasteiger partial charge in [0, 0.05) is 5.69 Å². The van der Waals surface area contributed by atoms with Gasteiger partial charge in [0.25, 0.3) is 5.56 Å². The van der Waals surface area contributed by atoms with Gasteiger partial charge in [-0.1, -0.05) is 24.3 Å². The van der Waals surface area contributed by atoms with Crippen molar-refractivity contribution in [1.82, 2.24) is 15.0 Å². The van der Waals surface area contributed by atoms with Gasteiger partial charge in [0.2, 0.25) is 15.9 Å². The Morgan fingerprint density at radius 2 is 1.85 bits per heavy atom. The van der Waals surface area contributed by atoms with Crippen molar-refractivity contribution in [1.29, 1.82) is 0 Å². The average molecular weight is 387 g/mol. The first kappa shape index (κ1) is 18.7. The molecule has 0 saturated heterocycles. The fourth-order valence-corrected chi connectivity index (χ4v) is 3.14. The van der Waals surface area contributed by atoms with E-state index in [2.05, 4.69) is 15.6 Å². The van der Waals surface area contributed by atoms with Crippen molar-refractivity contribution in [3.05, 3.63) is 58.9 Å². The highest BCUT2D eigenvalue weighted by molar-refractivity contribution is 7.89. The van der Waals surface area contributed by atoms with Crippen molar-refractivity contribution in [2.45, 2.75) is 24.3 Å². The summed E-state index contributed by atoms with van der Waals surface area (Å²) in [5.41, 5.74) is 0.410. The van der Waals surface area contributed by atoms with Crippen LogP contribution in [-0.4, -0.2) is 29.3 Å². The first-order valence-electron chi connectivity index (χ1n) is 8.09. The largest absolute Gasteiger partial charge is 0.324 e. The van der Waals surface area contributed by atoms with E-state index in [0.29, 0.717) is 23.0 Å². The first-order valence-corrected chi connectivity index (χ1v) is 9.64. The molecule has 3 rings (SSSR count). The Labute approximate surface area is 154 Å². The topological polar surface area (TPSA) is 137 Å². The molecule has 0 spiro atoms. The number of carbonyl (C=O) groups excluding carboxylic acids is 1. The molecular weight excluding hydrogens is 370 g/mol.